The zero-order valence-corrected chi connectivity index (χ0v) is 12.8. The second-order valence-electron chi connectivity index (χ2n) is 5.38. The van der Waals surface area contributed by atoms with E-state index in [-0.39, 0.29) is 12.3 Å². The van der Waals surface area contributed by atoms with E-state index in [0.717, 1.165) is 24.2 Å². The van der Waals surface area contributed by atoms with Crippen molar-refractivity contribution >= 4 is 16.0 Å². The number of aromatic nitrogens is 1. The molecule has 6 nitrogen and oxygen atoms in total. The van der Waals surface area contributed by atoms with E-state index in [1.807, 2.05) is 18.2 Å². The lowest BCUT2D eigenvalue weighted by Crippen LogP contribution is -2.37. The molecule has 0 saturated carbocycles. The minimum Gasteiger partial charge on any atom is -0.481 e. The van der Waals surface area contributed by atoms with Gasteiger partial charge in [0.2, 0.25) is 10.0 Å². The molecule has 1 saturated heterocycles. The predicted molar refractivity (Wildman–Crippen MR) is 78.6 cm³/mol. The highest BCUT2D eigenvalue weighted by molar-refractivity contribution is 7.88. The number of piperidine rings is 1. The number of rotatable bonds is 5. The summed E-state index contributed by atoms with van der Waals surface area (Å²) in [6.45, 7) is 1.04. The summed E-state index contributed by atoms with van der Waals surface area (Å²) in [6, 6.07) is 5.66. The Morgan fingerprint density at radius 2 is 2.05 bits per heavy atom. The van der Waals surface area contributed by atoms with Crippen molar-refractivity contribution in [2.75, 3.05) is 19.3 Å². The Morgan fingerprint density at radius 3 is 2.62 bits per heavy atom. The van der Waals surface area contributed by atoms with E-state index >= 15 is 0 Å². The summed E-state index contributed by atoms with van der Waals surface area (Å²) < 4.78 is 24.5. The molecule has 0 amide bonds. The van der Waals surface area contributed by atoms with Gasteiger partial charge in [0.25, 0.3) is 0 Å². The number of carbonyl (C=O) groups is 1. The molecule has 7 heteroatoms. The Hall–Kier alpha value is -1.47. The van der Waals surface area contributed by atoms with Crippen LogP contribution in [0.5, 0.6) is 0 Å². The molecule has 1 aliphatic heterocycles. The molecule has 1 N–H and O–H groups in total. The molecule has 0 bridgehead atoms. The second-order valence-corrected chi connectivity index (χ2v) is 7.37. The van der Waals surface area contributed by atoms with E-state index in [2.05, 4.69) is 4.98 Å². The fourth-order valence-corrected chi connectivity index (χ4v) is 3.46. The van der Waals surface area contributed by atoms with Gasteiger partial charge in [-0.1, -0.05) is 6.07 Å². The third-order valence-electron chi connectivity index (χ3n) is 3.76. The first-order valence-corrected chi connectivity index (χ1v) is 8.84. The Balaban J connectivity index is 2.00. The van der Waals surface area contributed by atoms with Crippen LogP contribution in [0.25, 0.3) is 0 Å². The molecule has 0 radical (unpaired) electrons. The van der Waals surface area contributed by atoms with Crippen molar-refractivity contribution in [3.63, 3.8) is 0 Å². The van der Waals surface area contributed by atoms with E-state index in [4.69, 9.17) is 5.11 Å². The quantitative estimate of drug-likeness (QED) is 0.883. The molecular formula is C14H20N2O4S. The van der Waals surface area contributed by atoms with Crippen LogP contribution >= 0.6 is 0 Å². The number of aryl methyl sites for hydroxylation is 1. The van der Waals surface area contributed by atoms with Crippen LogP contribution in [-0.4, -0.2) is 48.1 Å². The van der Waals surface area contributed by atoms with E-state index in [1.165, 1.54) is 10.6 Å². The third-order valence-corrected chi connectivity index (χ3v) is 5.07. The van der Waals surface area contributed by atoms with Crippen molar-refractivity contribution in [3.8, 4) is 0 Å². The summed E-state index contributed by atoms with van der Waals surface area (Å²) >= 11 is 0. The maximum absolute atomic E-state index is 11.5. The molecule has 1 aromatic heterocycles. The maximum Gasteiger partial charge on any atom is 0.303 e. The number of sulfonamides is 1. The minimum absolute atomic E-state index is 0.0724. The number of pyridine rings is 1. The van der Waals surface area contributed by atoms with E-state index in [9.17, 15) is 13.2 Å². The lowest BCUT2D eigenvalue weighted by atomic mass is 9.94. The first-order valence-electron chi connectivity index (χ1n) is 6.99. The molecule has 1 aliphatic rings. The number of carboxylic acids is 1. The minimum atomic E-state index is -3.11. The van der Waals surface area contributed by atoms with Gasteiger partial charge in [-0.15, -0.1) is 0 Å². The van der Waals surface area contributed by atoms with E-state index in [0.29, 0.717) is 19.5 Å². The van der Waals surface area contributed by atoms with Gasteiger partial charge in [0, 0.05) is 36.8 Å². The maximum atomic E-state index is 11.5. The number of aliphatic carboxylic acids is 1. The summed E-state index contributed by atoms with van der Waals surface area (Å²) in [4.78, 5) is 15.1. The van der Waals surface area contributed by atoms with Crippen LogP contribution in [0.4, 0.5) is 0 Å². The molecule has 2 rings (SSSR count). The molecule has 0 atom stereocenters. The van der Waals surface area contributed by atoms with Gasteiger partial charge in [-0.2, -0.15) is 0 Å². The van der Waals surface area contributed by atoms with Gasteiger partial charge >= 0.3 is 5.97 Å². The summed E-state index contributed by atoms with van der Waals surface area (Å²) in [5.41, 5.74) is 1.71. The molecule has 116 valence electrons. The Morgan fingerprint density at radius 1 is 1.38 bits per heavy atom. The van der Waals surface area contributed by atoms with E-state index in [1.54, 1.807) is 0 Å². The zero-order valence-electron chi connectivity index (χ0n) is 12.0. The van der Waals surface area contributed by atoms with Crippen molar-refractivity contribution in [1.29, 1.82) is 0 Å². The first kappa shape index (κ1) is 15.9. The van der Waals surface area contributed by atoms with Crippen LogP contribution in [0.2, 0.25) is 0 Å². The average molecular weight is 312 g/mol. The molecule has 2 heterocycles. The molecule has 21 heavy (non-hydrogen) atoms. The molecule has 1 aromatic rings. The van der Waals surface area contributed by atoms with Gasteiger partial charge in [0.05, 0.1) is 12.7 Å². The van der Waals surface area contributed by atoms with Gasteiger partial charge in [-0.25, -0.2) is 12.7 Å². The normalized spacial score (nSPS) is 17.8. The highest BCUT2D eigenvalue weighted by Crippen LogP contribution is 2.27. The lowest BCUT2D eigenvalue weighted by Gasteiger charge is -2.30. The SMILES string of the molecule is CS(=O)(=O)N1CCC(c2cccc(CCC(=O)O)n2)CC1. The van der Waals surface area contributed by atoms with Gasteiger partial charge in [0.1, 0.15) is 0 Å². The van der Waals surface area contributed by atoms with Crippen LogP contribution in [0.3, 0.4) is 0 Å². The van der Waals surface area contributed by atoms with Crippen molar-refractivity contribution in [3.05, 3.63) is 29.6 Å². The summed E-state index contributed by atoms with van der Waals surface area (Å²) in [6.07, 6.45) is 3.23. The van der Waals surface area contributed by atoms with Crippen LogP contribution < -0.4 is 0 Å². The van der Waals surface area contributed by atoms with Crippen molar-refractivity contribution in [2.24, 2.45) is 0 Å². The number of carboxylic acid groups (broad SMARTS) is 1. The lowest BCUT2D eigenvalue weighted by molar-refractivity contribution is -0.136. The highest BCUT2D eigenvalue weighted by atomic mass is 32.2. The number of hydrogen-bond acceptors (Lipinski definition) is 4. The van der Waals surface area contributed by atoms with E-state index < -0.39 is 16.0 Å². The average Bonchev–Trinajstić information content (AvgIpc) is 2.45. The number of nitrogens with zero attached hydrogens (tertiary/aromatic N) is 2. The summed E-state index contributed by atoms with van der Waals surface area (Å²) in [5, 5.41) is 8.71. The highest BCUT2D eigenvalue weighted by Gasteiger charge is 2.26. The summed E-state index contributed by atoms with van der Waals surface area (Å²) in [7, 11) is -3.11. The van der Waals surface area contributed by atoms with Gasteiger partial charge < -0.3 is 5.11 Å². The molecule has 0 aliphatic carbocycles. The fourth-order valence-electron chi connectivity index (χ4n) is 2.58. The third kappa shape index (κ3) is 4.50. The van der Waals surface area contributed by atoms with Crippen molar-refractivity contribution < 1.29 is 18.3 Å². The molecular weight excluding hydrogens is 292 g/mol. The largest absolute Gasteiger partial charge is 0.481 e. The topological polar surface area (TPSA) is 87.6 Å². The van der Waals surface area contributed by atoms with Crippen molar-refractivity contribution in [2.45, 2.75) is 31.6 Å². The molecule has 0 unspecified atom stereocenters. The van der Waals surface area contributed by atoms with Crippen molar-refractivity contribution in [1.82, 2.24) is 9.29 Å². The molecule has 0 spiro atoms. The predicted octanol–water partition coefficient (Wildman–Crippen LogP) is 1.24. The molecule has 0 aromatic carbocycles. The Kier molecular flexibility index (Phi) is 4.95. The second kappa shape index (κ2) is 6.53. The Bertz CT molecular complexity index is 607. The smallest absolute Gasteiger partial charge is 0.303 e. The fraction of sp³-hybridized carbons (Fsp3) is 0.571. The summed E-state index contributed by atoms with van der Waals surface area (Å²) in [5.74, 6) is -0.587. The van der Waals surface area contributed by atoms with Gasteiger partial charge in [-0.05, 0) is 25.0 Å². The van der Waals surface area contributed by atoms with Gasteiger partial charge in [0.15, 0.2) is 0 Å². The van der Waals surface area contributed by atoms with Gasteiger partial charge in [-0.3, -0.25) is 9.78 Å². The number of hydrogen-bond donors (Lipinski definition) is 1. The zero-order chi connectivity index (χ0) is 15.5. The first-order chi connectivity index (χ1) is 9.86. The standard InChI is InChI=1S/C14H20N2O4S/c1-21(19,20)16-9-7-11(8-10-16)13-4-2-3-12(15-13)5-6-14(17)18/h2-4,11H,5-10H2,1H3,(H,17,18). The van der Waals surface area contributed by atoms with Crippen LogP contribution in [-0.2, 0) is 21.2 Å². The van der Waals surface area contributed by atoms with Crippen LogP contribution in [0.1, 0.15) is 36.6 Å². The van der Waals surface area contributed by atoms with Crippen LogP contribution in [0.15, 0.2) is 18.2 Å². The monoisotopic (exact) mass is 312 g/mol. The van der Waals surface area contributed by atoms with Crippen LogP contribution in [0, 0.1) is 0 Å². The Labute approximate surface area is 124 Å². The molecule has 1 fully saturated rings.